The quantitative estimate of drug-likeness (QED) is 0.730. The SMILES string of the molecule is CCC(CN)SC1CCOCC1. The van der Waals surface area contributed by atoms with Crippen LogP contribution in [0.25, 0.3) is 0 Å². The van der Waals surface area contributed by atoms with Gasteiger partial charge in [-0.2, -0.15) is 11.8 Å². The van der Waals surface area contributed by atoms with Gasteiger partial charge in [-0.15, -0.1) is 0 Å². The van der Waals surface area contributed by atoms with Crippen LogP contribution >= 0.6 is 11.8 Å². The summed E-state index contributed by atoms with van der Waals surface area (Å²) in [4.78, 5) is 0. The standard InChI is InChI=1S/C9H19NOS/c1-2-8(7-10)12-9-3-5-11-6-4-9/h8-9H,2-7,10H2,1H3. The van der Waals surface area contributed by atoms with Crippen LogP contribution in [0.2, 0.25) is 0 Å². The Morgan fingerprint density at radius 1 is 1.50 bits per heavy atom. The number of ether oxygens (including phenoxy) is 1. The molecule has 1 saturated heterocycles. The molecule has 0 spiro atoms. The molecule has 12 heavy (non-hydrogen) atoms. The molecule has 1 rings (SSSR count). The molecule has 0 radical (unpaired) electrons. The zero-order valence-electron chi connectivity index (χ0n) is 7.79. The molecule has 3 heteroatoms. The van der Waals surface area contributed by atoms with Crippen LogP contribution in [0.15, 0.2) is 0 Å². The Kier molecular flexibility index (Phi) is 5.04. The van der Waals surface area contributed by atoms with Crippen molar-refractivity contribution in [1.82, 2.24) is 0 Å². The summed E-state index contributed by atoms with van der Waals surface area (Å²) in [5, 5.41) is 1.46. The van der Waals surface area contributed by atoms with E-state index in [4.69, 9.17) is 10.5 Å². The van der Waals surface area contributed by atoms with E-state index >= 15 is 0 Å². The lowest BCUT2D eigenvalue weighted by molar-refractivity contribution is 0.0999. The van der Waals surface area contributed by atoms with E-state index in [1.807, 2.05) is 0 Å². The lowest BCUT2D eigenvalue weighted by atomic mass is 10.2. The summed E-state index contributed by atoms with van der Waals surface area (Å²) in [6.45, 7) is 4.92. The van der Waals surface area contributed by atoms with Crippen LogP contribution < -0.4 is 5.73 Å². The molecule has 1 unspecified atom stereocenters. The molecule has 2 N–H and O–H groups in total. The molecule has 1 aliphatic heterocycles. The van der Waals surface area contributed by atoms with Crippen LogP contribution in [-0.2, 0) is 4.74 Å². The minimum Gasteiger partial charge on any atom is -0.381 e. The lowest BCUT2D eigenvalue weighted by Crippen LogP contribution is -2.24. The number of hydrogen-bond acceptors (Lipinski definition) is 3. The van der Waals surface area contributed by atoms with E-state index in [1.54, 1.807) is 0 Å². The van der Waals surface area contributed by atoms with Gasteiger partial charge in [0.25, 0.3) is 0 Å². The first-order valence-corrected chi connectivity index (χ1v) is 5.74. The van der Waals surface area contributed by atoms with Crippen LogP contribution in [0.5, 0.6) is 0 Å². The molecule has 1 aliphatic rings. The number of rotatable bonds is 4. The van der Waals surface area contributed by atoms with Gasteiger partial charge in [0.15, 0.2) is 0 Å². The van der Waals surface area contributed by atoms with E-state index in [1.165, 1.54) is 19.3 Å². The Bertz CT molecular complexity index is 111. The average molecular weight is 189 g/mol. The van der Waals surface area contributed by atoms with Crippen LogP contribution in [0.3, 0.4) is 0 Å². The first kappa shape index (κ1) is 10.4. The monoisotopic (exact) mass is 189 g/mol. The highest BCUT2D eigenvalue weighted by atomic mass is 32.2. The number of hydrogen-bond donors (Lipinski definition) is 1. The topological polar surface area (TPSA) is 35.2 Å². The molecule has 1 atom stereocenters. The fourth-order valence-corrected chi connectivity index (χ4v) is 2.72. The van der Waals surface area contributed by atoms with Crippen molar-refractivity contribution >= 4 is 11.8 Å². The molecule has 2 nitrogen and oxygen atoms in total. The summed E-state index contributed by atoms with van der Waals surface area (Å²) >= 11 is 2.06. The maximum atomic E-state index is 5.65. The molecular formula is C9H19NOS. The summed E-state index contributed by atoms with van der Waals surface area (Å²) in [5.41, 5.74) is 5.65. The Labute approximate surface area is 79.2 Å². The highest BCUT2D eigenvalue weighted by molar-refractivity contribution is 8.00. The van der Waals surface area contributed by atoms with Gasteiger partial charge in [-0.05, 0) is 19.3 Å². The van der Waals surface area contributed by atoms with Gasteiger partial charge < -0.3 is 10.5 Å². The maximum Gasteiger partial charge on any atom is 0.0476 e. The molecule has 0 saturated carbocycles. The Balaban J connectivity index is 2.18. The molecule has 1 heterocycles. The summed E-state index contributed by atoms with van der Waals surface area (Å²) in [7, 11) is 0. The highest BCUT2D eigenvalue weighted by Crippen LogP contribution is 2.26. The van der Waals surface area contributed by atoms with Crippen molar-refractivity contribution in [2.45, 2.75) is 36.7 Å². The van der Waals surface area contributed by atoms with E-state index in [2.05, 4.69) is 18.7 Å². The van der Waals surface area contributed by atoms with Crippen LogP contribution in [0, 0.1) is 0 Å². The summed E-state index contributed by atoms with van der Waals surface area (Å²) < 4.78 is 5.30. The van der Waals surface area contributed by atoms with Crippen LogP contribution in [0.1, 0.15) is 26.2 Å². The first-order chi connectivity index (χ1) is 5.86. The van der Waals surface area contributed by atoms with Crippen molar-refractivity contribution in [3.05, 3.63) is 0 Å². The minimum absolute atomic E-state index is 0.660. The molecule has 0 aromatic heterocycles. The third-order valence-electron chi connectivity index (χ3n) is 2.27. The van der Waals surface area contributed by atoms with Crippen molar-refractivity contribution in [1.29, 1.82) is 0 Å². The molecule has 0 amide bonds. The second-order valence-corrected chi connectivity index (χ2v) is 4.82. The van der Waals surface area contributed by atoms with Crippen molar-refractivity contribution in [2.75, 3.05) is 19.8 Å². The van der Waals surface area contributed by atoms with Crippen molar-refractivity contribution in [3.63, 3.8) is 0 Å². The zero-order chi connectivity index (χ0) is 8.81. The summed E-state index contributed by atoms with van der Waals surface area (Å²) in [5.74, 6) is 0. The van der Waals surface area contributed by atoms with Gasteiger partial charge in [-0.1, -0.05) is 6.92 Å². The van der Waals surface area contributed by atoms with E-state index < -0.39 is 0 Å². The predicted octanol–water partition coefficient (Wildman–Crippen LogP) is 1.64. The molecule has 0 aromatic carbocycles. The second-order valence-electron chi connectivity index (χ2n) is 3.21. The molecule has 0 bridgehead atoms. The summed E-state index contributed by atoms with van der Waals surface area (Å²) in [6, 6.07) is 0. The fraction of sp³-hybridized carbons (Fsp3) is 1.00. The van der Waals surface area contributed by atoms with Gasteiger partial charge in [-0.3, -0.25) is 0 Å². The molecule has 0 aromatic rings. The third kappa shape index (κ3) is 3.33. The van der Waals surface area contributed by atoms with Gasteiger partial charge in [-0.25, -0.2) is 0 Å². The minimum atomic E-state index is 0.660. The van der Waals surface area contributed by atoms with E-state index in [9.17, 15) is 0 Å². The van der Waals surface area contributed by atoms with Crippen molar-refractivity contribution in [3.8, 4) is 0 Å². The molecular weight excluding hydrogens is 170 g/mol. The van der Waals surface area contributed by atoms with Gasteiger partial charge >= 0.3 is 0 Å². The van der Waals surface area contributed by atoms with Gasteiger partial charge in [0, 0.05) is 30.3 Å². The number of thioether (sulfide) groups is 1. The third-order valence-corrected chi connectivity index (χ3v) is 4.04. The zero-order valence-corrected chi connectivity index (χ0v) is 8.61. The molecule has 0 aliphatic carbocycles. The summed E-state index contributed by atoms with van der Waals surface area (Å²) in [6.07, 6.45) is 3.61. The largest absolute Gasteiger partial charge is 0.381 e. The van der Waals surface area contributed by atoms with E-state index in [-0.39, 0.29) is 0 Å². The van der Waals surface area contributed by atoms with E-state index in [0.717, 1.165) is 25.0 Å². The fourth-order valence-electron chi connectivity index (χ4n) is 1.40. The maximum absolute atomic E-state index is 5.65. The normalized spacial score (nSPS) is 22.5. The van der Waals surface area contributed by atoms with Gasteiger partial charge in [0.1, 0.15) is 0 Å². The molecule has 1 fully saturated rings. The first-order valence-electron chi connectivity index (χ1n) is 4.80. The Morgan fingerprint density at radius 2 is 2.17 bits per heavy atom. The predicted molar refractivity (Wildman–Crippen MR) is 54.6 cm³/mol. The number of nitrogens with two attached hydrogens (primary N) is 1. The second kappa shape index (κ2) is 5.84. The van der Waals surface area contributed by atoms with E-state index in [0.29, 0.717) is 5.25 Å². The van der Waals surface area contributed by atoms with Crippen LogP contribution in [0.4, 0.5) is 0 Å². The Morgan fingerprint density at radius 3 is 2.67 bits per heavy atom. The van der Waals surface area contributed by atoms with Crippen molar-refractivity contribution in [2.24, 2.45) is 5.73 Å². The Hall–Kier alpha value is 0.270. The highest BCUT2D eigenvalue weighted by Gasteiger charge is 2.17. The van der Waals surface area contributed by atoms with Crippen molar-refractivity contribution < 1.29 is 4.74 Å². The van der Waals surface area contributed by atoms with Crippen LogP contribution in [-0.4, -0.2) is 30.3 Å². The van der Waals surface area contributed by atoms with Gasteiger partial charge in [0.2, 0.25) is 0 Å². The molecule has 72 valence electrons. The lowest BCUT2D eigenvalue weighted by Gasteiger charge is -2.25. The van der Waals surface area contributed by atoms with Gasteiger partial charge in [0.05, 0.1) is 0 Å². The average Bonchev–Trinajstić information content (AvgIpc) is 2.16. The smallest absolute Gasteiger partial charge is 0.0476 e.